The van der Waals surface area contributed by atoms with E-state index in [1.807, 2.05) is 32.9 Å². The first-order valence-electron chi connectivity index (χ1n) is 7.07. The standard InChI is InChI=1S/C14H26N2O3S/c1-14(2,3)19-13(17)16-9-5-4-8-15-12-6-10-20(18)11-7-12/h4-5,12,15H,6-11H2,1-3H3,(H,16,17)/b5-4+. The Labute approximate surface area is 124 Å². The number of amides is 1. The Balaban J connectivity index is 2.05. The summed E-state index contributed by atoms with van der Waals surface area (Å²) in [5.41, 5.74) is -0.462. The first-order valence-corrected chi connectivity index (χ1v) is 8.56. The minimum Gasteiger partial charge on any atom is -0.444 e. The fraction of sp³-hybridized carbons (Fsp3) is 0.786. The van der Waals surface area contributed by atoms with E-state index in [-0.39, 0.29) is 0 Å². The van der Waals surface area contributed by atoms with Crippen LogP contribution in [0, 0.1) is 0 Å². The summed E-state index contributed by atoms with van der Waals surface area (Å²) in [7, 11) is -0.605. The molecule has 0 bridgehead atoms. The Morgan fingerprint density at radius 1 is 1.25 bits per heavy atom. The number of rotatable bonds is 5. The Bertz CT molecular complexity index is 354. The summed E-state index contributed by atoms with van der Waals surface area (Å²) in [5, 5.41) is 6.07. The van der Waals surface area contributed by atoms with E-state index in [0.717, 1.165) is 30.9 Å². The van der Waals surface area contributed by atoms with Crippen LogP contribution in [0.3, 0.4) is 0 Å². The number of nitrogens with one attached hydrogen (secondary N) is 2. The molecule has 1 rings (SSSR count). The first kappa shape index (κ1) is 17.2. The largest absolute Gasteiger partial charge is 0.444 e. The summed E-state index contributed by atoms with van der Waals surface area (Å²) in [6, 6.07) is 0.469. The highest BCUT2D eigenvalue weighted by Crippen LogP contribution is 2.08. The Kier molecular flexibility index (Phi) is 7.23. The maximum atomic E-state index is 11.4. The van der Waals surface area contributed by atoms with E-state index in [1.165, 1.54) is 0 Å². The lowest BCUT2D eigenvalue weighted by Gasteiger charge is -2.21. The maximum Gasteiger partial charge on any atom is 0.407 e. The molecular formula is C14H26N2O3S. The van der Waals surface area contributed by atoms with E-state index in [0.29, 0.717) is 12.6 Å². The second kappa shape index (κ2) is 8.42. The number of carbonyl (C=O) groups excluding carboxylic acids is 1. The molecule has 0 saturated carbocycles. The predicted octanol–water partition coefficient (Wildman–Crippen LogP) is 1.57. The van der Waals surface area contributed by atoms with Gasteiger partial charge in [-0.2, -0.15) is 0 Å². The summed E-state index contributed by atoms with van der Waals surface area (Å²) in [5.74, 6) is 1.61. The number of carbonyl (C=O) groups is 1. The molecular weight excluding hydrogens is 276 g/mol. The van der Waals surface area contributed by atoms with Gasteiger partial charge in [-0.3, -0.25) is 4.21 Å². The fourth-order valence-corrected chi connectivity index (χ4v) is 3.15. The van der Waals surface area contributed by atoms with Crippen molar-refractivity contribution >= 4 is 16.9 Å². The molecule has 1 amide bonds. The molecule has 5 nitrogen and oxygen atoms in total. The van der Waals surface area contributed by atoms with Gasteiger partial charge >= 0.3 is 6.09 Å². The Morgan fingerprint density at radius 3 is 2.45 bits per heavy atom. The van der Waals surface area contributed by atoms with Gasteiger partial charge in [-0.1, -0.05) is 12.2 Å². The molecule has 0 aromatic heterocycles. The topological polar surface area (TPSA) is 67.4 Å². The lowest BCUT2D eigenvalue weighted by Crippen LogP contribution is -2.35. The number of alkyl carbamates (subject to hydrolysis) is 1. The zero-order valence-corrected chi connectivity index (χ0v) is 13.4. The summed E-state index contributed by atoms with van der Waals surface area (Å²) < 4.78 is 16.3. The molecule has 6 heteroatoms. The molecule has 1 aliphatic rings. The van der Waals surface area contributed by atoms with E-state index < -0.39 is 22.5 Å². The van der Waals surface area contributed by atoms with Crippen LogP contribution in [0.1, 0.15) is 33.6 Å². The van der Waals surface area contributed by atoms with Crippen LogP contribution in [0.5, 0.6) is 0 Å². The van der Waals surface area contributed by atoms with Crippen LogP contribution < -0.4 is 10.6 Å². The molecule has 0 unspecified atom stereocenters. The van der Waals surface area contributed by atoms with Crippen LogP contribution in [-0.2, 0) is 15.5 Å². The molecule has 2 N–H and O–H groups in total. The minimum absolute atomic E-state index is 0.398. The van der Waals surface area contributed by atoms with Gasteiger partial charge in [0.2, 0.25) is 0 Å². The Hall–Kier alpha value is -0.880. The zero-order chi connectivity index (χ0) is 15.0. The molecule has 20 heavy (non-hydrogen) atoms. The number of ether oxygens (including phenoxy) is 1. The zero-order valence-electron chi connectivity index (χ0n) is 12.6. The molecule has 0 radical (unpaired) electrons. The maximum absolute atomic E-state index is 11.4. The SMILES string of the molecule is CC(C)(C)OC(=O)NC/C=C/CNC1CCS(=O)CC1. The molecule has 0 aromatic carbocycles. The van der Waals surface area contributed by atoms with Crippen molar-refractivity contribution in [1.29, 1.82) is 0 Å². The van der Waals surface area contributed by atoms with Gasteiger partial charge in [-0.05, 0) is 33.6 Å². The van der Waals surface area contributed by atoms with Crippen molar-refractivity contribution in [3.63, 3.8) is 0 Å². The summed E-state index contributed by atoms with van der Waals surface area (Å²) in [4.78, 5) is 11.4. The van der Waals surface area contributed by atoms with Crippen LogP contribution in [0.25, 0.3) is 0 Å². The van der Waals surface area contributed by atoms with E-state index in [4.69, 9.17) is 4.74 Å². The summed E-state index contributed by atoms with van der Waals surface area (Å²) >= 11 is 0. The van der Waals surface area contributed by atoms with Crippen molar-refractivity contribution in [3.8, 4) is 0 Å². The number of hydrogen-bond donors (Lipinski definition) is 2. The van der Waals surface area contributed by atoms with E-state index in [9.17, 15) is 9.00 Å². The van der Waals surface area contributed by atoms with Crippen molar-refractivity contribution in [2.75, 3.05) is 24.6 Å². The fourth-order valence-electron chi connectivity index (χ4n) is 1.86. The third kappa shape index (κ3) is 8.32. The van der Waals surface area contributed by atoms with Gasteiger partial charge in [0.25, 0.3) is 0 Å². The van der Waals surface area contributed by atoms with Crippen molar-refractivity contribution in [2.45, 2.75) is 45.3 Å². The van der Waals surface area contributed by atoms with Gasteiger partial charge in [-0.15, -0.1) is 0 Å². The molecule has 0 aromatic rings. The van der Waals surface area contributed by atoms with Crippen LogP contribution in [-0.4, -0.2) is 46.5 Å². The van der Waals surface area contributed by atoms with E-state index >= 15 is 0 Å². The van der Waals surface area contributed by atoms with Crippen LogP contribution in [0.4, 0.5) is 4.79 Å². The van der Waals surface area contributed by atoms with E-state index in [2.05, 4.69) is 10.6 Å². The molecule has 0 aliphatic carbocycles. The number of hydrogen-bond acceptors (Lipinski definition) is 4. The van der Waals surface area contributed by atoms with Gasteiger partial charge in [-0.25, -0.2) is 4.79 Å². The van der Waals surface area contributed by atoms with Crippen LogP contribution in [0.2, 0.25) is 0 Å². The van der Waals surface area contributed by atoms with Crippen LogP contribution in [0.15, 0.2) is 12.2 Å². The molecule has 1 heterocycles. The lowest BCUT2D eigenvalue weighted by atomic mass is 10.1. The van der Waals surface area contributed by atoms with Crippen LogP contribution >= 0.6 is 0 Å². The van der Waals surface area contributed by atoms with Gasteiger partial charge in [0.15, 0.2) is 0 Å². The minimum atomic E-state index is -0.605. The average molecular weight is 302 g/mol. The van der Waals surface area contributed by atoms with Gasteiger partial charge in [0.05, 0.1) is 0 Å². The summed E-state index contributed by atoms with van der Waals surface area (Å²) in [6.07, 6.45) is 5.46. The molecule has 116 valence electrons. The van der Waals surface area contributed by atoms with Gasteiger partial charge in [0, 0.05) is 41.4 Å². The second-order valence-electron chi connectivity index (χ2n) is 5.88. The van der Waals surface area contributed by atoms with Crippen molar-refractivity contribution in [2.24, 2.45) is 0 Å². The molecule has 1 aliphatic heterocycles. The molecule has 0 atom stereocenters. The molecule has 1 fully saturated rings. The monoisotopic (exact) mass is 302 g/mol. The summed E-state index contributed by atoms with van der Waals surface area (Å²) in [6.45, 7) is 6.75. The normalized spacial score (nSPS) is 23.8. The lowest BCUT2D eigenvalue weighted by molar-refractivity contribution is 0.0534. The highest BCUT2D eigenvalue weighted by molar-refractivity contribution is 7.85. The second-order valence-corrected chi connectivity index (χ2v) is 7.58. The van der Waals surface area contributed by atoms with Gasteiger partial charge < -0.3 is 15.4 Å². The predicted molar refractivity (Wildman–Crippen MR) is 82.3 cm³/mol. The van der Waals surface area contributed by atoms with Gasteiger partial charge in [0.1, 0.15) is 5.60 Å². The Morgan fingerprint density at radius 2 is 1.85 bits per heavy atom. The smallest absolute Gasteiger partial charge is 0.407 e. The molecule has 0 spiro atoms. The van der Waals surface area contributed by atoms with Crippen molar-refractivity contribution in [3.05, 3.63) is 12.2 Å². The molecule has 1 saturated heterocycles. The average Bonchev–Trinajstić information content (AvgIpc) is 2.33. The third-order valence-electron chi connectivity index (χ3n) is 2.84. The first-order chi connectivity index (χ1) is 9.37. The van der Waals surface area contributed by atoms with Crippen molar-refractivity contribution < 1.29 is 13.7 Å². The highest BCUT2D eigenvalue weighted by atomic mass is 32.2. The van der Waals surface area contributed by atoms with E-state index in [1.54, 1.807) is 0 Å². The quantitative estimate of drug-likeness (QED) is 0.757. The highest BCUT2D eigenvalue weighted by Gasteiger charge is 2.16. The van der Waals surface area contributed by atoms with Crippen molar-refractivity contribution in [1.82, 2.24) is 10.6 Å². The third-order valence-corrected chi connectivity index (χ3v) is 4.22.